The molecule has 1 aliphatic rings. The summed E-state index contributed by atoms with van der Waals surface area (Å²) in [6, 6.07) is 11.8. The number of phenols is 1. The molecule has 1 nitrogen and oxygen atoms in total. The van der Waals surface area contributed by atoms with Gasteiger partial charge in [-0.1, -0.05) is 63.8 Å². The smallest absolute Gasteiger partial charge is 0.126 e. The van der Waals surface area contributed by atoms with E-state index in [-0.39, 0.29) is 11.6 Å². The number of rotatable bonds is 1. The highest BCUT2D eigenvalue weighted by molar-refractivity contribution is 5.64. The molecule has 0 bridgehead atoms. The maximum Gasteiger partial charge on any atom is 0.126 e. The van der Waals surface area contributed by atoms with Gasteiger partial charge in [-0.15, -0.1) is 0 Å². The van der Waals surface area contributed by atoms with Crippen molar-refractivity contribution in [2.24, 2.45) is 11.8 Å². The number of phenolic OH excluding ortho intramolecular Hbond substituents is 1. The van der Waals surface area contributed by atoms with E-state index in [2.05, 4.69) is 13.8 Å². The molecular formula is C21H27FO. The Labute approximate surface area is 139 Å². The molecule has 2 aromatic rings. The summed E-state index contributed by atoms with van der Waals surface area (Å²) >= 11 is 0. The van der Waals surface area contributed by atoms with Gasteiger partial charge >= 0.3 is 0 Å². The second-order valence-corrected chi connectivity index (χ2v) is 6.88. The van der Waals surface area contributed by atoms with Crippen molar-refractivity contribution in [3.05, 3.63) is 53.8 Å². The van der Waals surface area contributed by atoms with Crippen LogP contribution in [0.4, 0.5) is 4.39 Å². The molecule has 0 aliphatic heterocycles. The molecule has 2 heteroatoms. The molecule has 0 unspecified atom stereocenters. The lowest BCUT2D eigenvalue weighted by Gasteiger charge is -2.22. The van der Waals surface area contributed by atoms with E-state index in [0.29, 0.717) is 5.56 Å². The molecule has 0 spiro atoms. The molecule has 0 radical (unpaired) electrons. The molecule has 1 N–H and O–H groups in total. The first-order valence-corrected chi connectivity index (χ1v) is 8.51. The van der Waals surface area contributed by atoms with Crippen molar-refractivity contribution in [2.45, 2.75) is 46.5 Å². The number of aromatic hydroxyl groups is 1. The minimum atomic E-state index is -0.208. The fraction of sp³-hybridized carbons (Fsp3) is 0.429. The largest absolute Gasteiger partial charge is 0.508 e. The first-order chi connectivity index (χ1) is 11.0. The van der Waals surface area contributed by atoms with Gasteiger partial charge in [0.2, 0.25) is 0 Å². The number of aryl methyl sites for hydroxylation is 1. The fourth-order valence-corrected chi connectivity index (χ4v) is 2.85. The summed E-state index contributed by atoms with van der Waals surface area (Å²) in [4.78, 5) is 0. The van der Waals surface area contributed by atoms with Gasteiger partial charge in [-0.25, -0.2) is 4.39 Å². The van der Waals surface area contributed by atoms with Gasteiger partial charge in [0.25, 0.3) is 0 Å². The van der Waals surface area contributed by atoms with Crippen molar-refractivity contribution < 1.29 is 9.50 Å². The second kappa shape index (κ2) is 8.14. The van der Waals surface area contributed by atoms with Crippen LogP contribution in [-0.4, -0.2) is 5.11 Å². The van der Waals surface area contributed by atoms with Crippen molar-refractivity contribution in [3.8, 4) is 16.9 Å². The molecule has 0 heterocycles. The van der Waals surface area contributed by atoms with Crippen LogP contribution in [-0.2, 0) is 0 Å². The maximum absolute atomic E-state index is 13.3. The van der Waals surface area contributed by atoms with Crippen molar-refractivity contribution >= 4 is 0 Å². The predicted octanol–water partition coefficient (Wildman–Crippen LogP) is 6.34. The molecule has 0 atom stereocenters. The minimum absolute atomic E-state index is 0.208. The number of halogens is 1. The maximum atomic E-state index is 13.3. The van der Waals surface area contributed by atoms with Crippen LogP contribution in [0.5, 0.6) is 5.75 Å². The zero-order valence-corrected chi connectivity index (χ0v) is 14.3. The van der Waals surface area contributed by atoms with Crippen molar-refractivity contribution in [1.82, 2.24) is 0 Å². The topological polar surface area (TPSA) is 20.2 Å². The average molecular weight is 314 g/mol. The second-order valence-electron chi connectivity index (χ2n) is 6.88. The summed E-state index contributed by atoms with van der Waals surface area (Å²) in [7, 11) is 0. The summed E-state index contributed by atoms with van der Waals surface area (Å²) in [5.41, 5.74) is 2.35. The van der Waals surface area contributed by atoms with Crippen molar-refractivity contribution in [1.29, 1.82) is 0 Å². The number of hydrogen-bond donors (Lipinski definition) is 1. The third-order valence-electron chi connectivity index (χ3n) is 4.68. The Hall–Kier alpha value is -1.83. The monoisotopic (exact) mass is 314 g/mol. The fourth-order valence-electron chi connectivity index (χ4n) is 2.85. The normalized spacial score (nSPS) is 20.5. The van der Waals surface area contributed by atoms with E-state index in [1.54, 1.807) is 37.3 Å². The lowest BCUT2D eigenvalue weighted by molar-refractivity contribution is 0.308. The highest BCUT2D eigenvalue weighted by Crippen LogP contribution is 2.27. The zero-order chi connectivity index (χ0) is 16.8. The Morgan fingerprint density at radius 2 is 1.30 bits per heavy atom. The standard InChI is InChI=1S/C13H11FO.C8H16/c1-9-2-3-11(8-13(9)14)10-4-6-12(15)7-5-10;1-7-3-5-8(2)6-4-7/h2-8,15H,1H3;7-8H,3-6H2,1-2H3. The molecular weight excluding hydrogens is 287 g/mol. The van der Waals surface area contributed by atoms with Crippen LogP contribution in [0.15, 0.2) is 42.5 Å². The SMILES string of the molecule is CC1CCC(C)CC1.Cc1ccc(-c2ccc(O)cc2)cc1F. The molecule has 23 heavy (non-hydrogen) atoms. The van der Waals surface area contributed by atoms with E-state index >= 15 is 0 Å². The lowest BCUT2D eigenvalue weighted by atomic mass is 9.84. The molecule has 0 saturated heterocycles. The molecule has 124 valence electrons. The Balaban J connectivity index is 0.000000203. The molecule has 1 aliphatic carbocycles. The van der Waals surface area contributed by atoms with Crippen LogP contribution in [0.1, 0.15) is 45.1 Å². The Kier molecular flexibility index (Phi) is 6.20. The molecule has 3 rings (SSSR count). The Morgan fingerprint density at radius 3 is 1.78 bits per heavy atom. The van der Waals surface area contributed by atoms with E-state index in [4.69, 9.17) is 5.11 Å². The van der Waals surface area contributed by atoms with E-state index in [0.717, 1.165) is 23.0 Å². The van der Waals surface area contributed by atoms with E-state index in [1.807, 2.05) is 6.07 Å². The summed E-state index contributed by atoms with van der Waals surface area (Å²) in [6.45, 7) is 6.47. The predicted molar refractivity (Wildman–Crippen MR) is 95.0 cm³/mol. The highest BCUT2D eigenvalue weighted by atomic mass is 19.1. The van der Waals surface area contributed by atoms with Gasteiger partial charge in [-0.3, -0.25) is 0 Å². The lowest BCUT2D eigenvalue weighted by Crippen LogP contribution is -2.08. The first kappa shape index (κ1) is 17.5. The van der Waals surface area contributed by atoms with E-state index in [9.17, 15) is 4.39 Å². The number of hydrogen-bond acceptors (Lipinski definition) is 1. The van der Waals surface area contributed by atoms with Crippen LogP contribution < -0.4 is 0 Å². The summed E-state index contributed by atoms with van der Waals surface area (Å²) < 4.78 is 13.3. The third-order valence-corrected chi connectivity index (χ3v) is 4.68. The first-order valence-electron chi connectivity index (χ1n) is 8.51. The van der Waals surface area contributed by atoms with Gasteiger partial charge in [0.15, 0.2) is 0 Å². The van der Waals surface area contributed by atoms with Crippen molar-refractivity contribution in [2.75, 3.05) is 0 Å². The van der Waals surface area contributed by atoms with Crippen LogP contribution in [0.2, 0.25) is 0 Å². The Morgan fingerprint density at radius 1 is 0.826 bits per heavy atom. The average Bonchev–Trinajstić information content (AvgIpc) is 2.54. The van der Waals surface area contributed by atoms with Gasteiger partial charge in [0.05, 0.1) is 0 Å². The minimum Gasteiger partial charge on any atom is -0.508 e. The third kappa shape index (κ3) is 5.38. The van der Waals surface area contributed by atoms with Gasteiger partial charge in [0.1, 0.15) is 11.6 Å². The van der Waals surface area contributed by atoms with Crippen LogP contribution >= 0.6 is 0 Å². The quantitative estimate of drug-likeness (QED) is 0.651. The van der Waals surface area contributed by atoms with Crippen LogP contribution in [0.3, 0.4) is 0 Å². The van der Waals surface area contributed by atoms with Crippen molar-refractivity contribution in [3.63, 3.8) is 0 Å². The zero-order valence-electron chi connectivity index (χ0n) is 14.3. The Bertz CT molecular complexity index is 600. The highest BCUT2D eigenvalue weighted by Gasteiger charge is 2.13. The van der Waals surface area contributed by atoms with E-state index in [1.165, 1.54) is 31.7 Å². The molecule has 1 saturated carbocycles. The van der Waals surface area contributed by atoms with E-state index < -0.39 is 0 Å². The summed E-state index contributed by atoms with van der Waals surface area (Å²) in [5.74, 6) is 2.05. The molecule has 1 fully saturated rings. The summed E-state index contributed by atoms with van der Waals surface area (Å²) in [6.07, 6.45) is 5.89. The van der Waals surface area contributed by atoms with Gasteiger partial charge < -0.3 is 5.11 Å². The number of benzene rings is 2. The summed E-state index contributed by atoms with van der Waals surface area (Å²) in [5, 5.41) is 9.13. The molecule has 2 aromatic carbocycles. The van der Waals surface area contributed by atoms with Crippen LogP contribution in [0, 0.1) is 24.6 Å². The molecule has 0 amide bonds. The van der Waals surface area contributed by atoms with Crippen LogP contribution in [0.25, 0.3) is 11.1 Å². The van der Waals surface area contributed by atoms with Gasteiger partial charge in [-0.2, -0.15) is 0 Å². The molecule has 0 aromatic heterocycles. The van der Waals surface area contributed by atoms with Gasteiger partial charge in [-0.05, 0) is 53.6 Å². The van der Waals surface area contributed by atoms with Gasteiger partial charge in [0, 0.05) is 0 Å².